The number of rotatable bonds is 8. The Morgan fingerprint density at radius 1 is 1.33 bits per heavy atom. The van der Waals surface area contributed by atoms with Gasteiger partial charge in [-0.1, -0.05) is 24.3 Å². The number of carbonyl (C=O) groups excluding carboxylic acids is 2. The van der Waals surface area contributed by atoms with Gasteiger partial charge in [0.15, 0.2) is 0 Å². The van der Waals surface area contributed by atoms with Gasteiger partial charge in [-0.25, -0.2) is 4.79 Å². The summed E-state index contributed by atoms with van der Waals surface area (Å²) in [5, 5.41) is 3.22. The molecule has 0 aliphatic carbocycles. The molecule has 0 spiro atoms. The van der Waals surface area contributed by atoms with Gasteiger partial charge in [0.05, 0.1) is 36.1 Å². The number of piperidine rings is 1. The fraction of sp³-hybridized carbons (Fsp3) is 0.565. The number of morpholine rings is 1. The number of nitrogens with two attached hydrogens (primary N) is 1. The Labute approximate surface area is 199 Å². The molecule has 1 aromatic rings. The van der Waals surface area contributed by atoms with E-state index in [0.717, 1.165) is 32.5 Å². The molecular formula is C23H33ClN4O5. The monoisotopic (exact) mass is 480 g/mol. The van der Waals surface area contributed by atoms with Gasteiger partial charge in [0.25, 0.3) is 5.91 Å². The van der Waals surface area contributed by atoms with Crippen LogP contribution in [0.25, 0.3) is 0 Å². The molecule has 2 aliphatic heterocycles. The average Bonchev–Trinajstić information content (AvgIpc) is 2.83. The van der Waals surface area contributed by atoms with Crippen LogP contribution < -0.4 is 15.8 Å². The minimum absolute atomic E-state index is 0.105. The van der Waals surface area contributed by atoms with Crippen molar-refractivity contribution >= 4 is 29.3 Å². The van der Waals surface area contributed by atoms with Gasteiger partial charge in [0.1, 0.15) is 12.4 Å². The van der Waals surface area contributed by atoms with Crippen LogP contribution >= 0.6 is 11.6 Å². The second-order valence-corrected chi connectivity index (χ2v) is 8.74. The molecule has 2 aliphatic rings. The summed E-state index contributed by atoms with van der Waals surface area (Å²) in [6.07, 6.45) is 3.09. The number of benzene rings is 1. The smallest absolute Gasteiger partial charge is 0.410 e. The Morgan fingerprint density at radius 3 is 2.79 bits per heavy atom. The number of ether oxygens (including phenoxy) is 3. The van der Waals surface area contributed by atoms with Crippen molar-refractivity contribution in [1.29, 1.82) is 0 Å². The second kappa shape index (κ2) is 12.1. The van der Waals surface area contributed by atoms with Crippen molar-refractivity contribution in [2.75, 3.05) is 65.3 Å². The predicted octanol–water partition coefficient (Wildman–Crippen LogP) is 2.40. The van der Waals surface area contributed by atoms with Gasteiger partial charge < -0.3 is 30.2 Å². The molecule has 33 heavy (non-hydrogen) atoms. The zero-order chi connectivity index (χ0) is 23.8. The van der Waals surface area contributed by atoms with E-state index in [0.29, 0.717) is 54.2 Å². The van der Waals surface area contributed by atoms with E-state index in [4.69, 9.17) is 31.5 Å². The second-order valence-electron chi connectivity index (χ2n) is 8.33. The molecule has 9 nitrogen and oxygen atoms in total. The summed E-state index contributed by atoms with van der Waals surface area (Å²) < 4.78 is 16.2. The molecule has 2 saturated heterocycles. The Kier molecular flexibility index (Phi) is 9.22. The number of nitrogens with zero attached hydrogens (tertiary/aromatic N) is 2. The highest BCUT2D eigenvalue weighted by Gasteiger charge is 2.28. The zero-order valence-corrected chi connectivity index (χ0v) is 19.8. The highest BCUT2D eigenvalue weighted by molar-refractivity contribution is 6.33. The van der Waals surface area contributed by atoms with E-state index in [-0.39, 0.29) is 24.7 Å². The molecule has 0 radical (unpaired) electrons. The number of anilines is 1. The first-order valence-corrected chi connectivity index (χ1v) is 11.6. The molecule has 2 amide bonds. The molecule has 182 valence electrons. The Balaban J connectivity index is 1.44. The number of amides is 2. The molecule has 2 fully saturated rings. The topological polar surface area (TPSA) is 106 Å². The third kappa shape index (κ3) is 6.99. The molecule has 0 aromatic heterocycles. The molecule has 3 N–H and O–H groups in total. The highest BCUT2D eigenvalue weighted by atomic mass is 35.5. The van der Waals surface area contributed by atoms with E-state index in [1.807, 2.05) is 0 Å². The van der Waals surface area contributed by atoms with E-state index in [1.165, 1.54) is 13.2 Å². The molecule has 0 bridgehead atoms. The van der Waals surface area contributed by atoms with Crippen LogP contribution in [-0.4, -0.2) is 87.5 Å². The fourth-order valence-electron chi connectivity index (χ4n) is 4.17. The van der Waals surface area contributed by atoms with E-state index < -0.39 is 0 Å². The molecule has 1 aromatic carbocycles. The Hall–Kier alpha value is -2.49. The zero-order valence-electron chi connectivity index (χ0n) is 19.1. The molecule has 3 rings (SSSR count). The molecule has 1 atom stereocenters. The SMILES string of the molecule is C=CCOC(=O)N1CCC(CN2CCOC(CNC(=O)c3cc(Cl)c(N)cc3OC)C2)CC1. The molecule has 10 heteroatoms. The number of hydrogen-bond donors (Lipinski definition) is 2. The first-order valence-electron chi connectivity index (χ1n) is 11.2. The van der Waals surface area contributed by atoms with Crippen molar-refractivity contribution in [3.8, 4) is 5.75 Å². The van der Waals surface area contributed by atoms with Gasteiger partial charge in [0.2, 0.25) is 0 Å². The fourth-order valence-corrected chi connectivity index (χ4v) is 4.34. The predicted molar refractivity (Wildman–Crippen MR) is 127 cm³/mol. The number of nitrogen functional groups attached to an aromatic ring is 1. The number of methoxy groups -OCH3 is 1. The van der Waals surface area contributed by atoms with Crippen LogP contribution in [0.3, 0.4) is 0 Å². The largest absolute Gasteiger partial charge is 0.496 e. The number of carbonyl (C=O) groups is 2. The van der Waals surface area contributed by atoms with Crippen LogP contribution in [0.5, 0.6) is 5.75 Å². The lowest BCUT2D eigenvalue weighted by molar-refractivity contribution is -0.0334. The summed E-state index contributed by atoms with van der Waals surface area (Å²) in [4.78, 5) is 28.8. The van der Waals surface area contributed by atoms with E-state index >= 15 is 0 Å². The van der Waals surface area contributed by atoms with Crippen LogP contribution in [0.2, 0.25) is 5.02 Å². The number of hydrogen-bond acceptors (Lipinski definition) is 7. The number of likely N-dealkylation sites (tertiary alicyclic amines) is 1. The summed E-state index contributed by atoms with van der Waals surface area (Å²) in [7, 11) is 1.48. The van der Waals surface area contributed by atoms with Crippen molar-refractivity contribution in [3.05, 3.63) is 35.4 Å². The van der Waals surface area contributed by atoms with Crippen molar-refractivity contribution in [1.82, 2.24) is 15.1 Å². The van der Waals surface area contributed by atoms with Crippen molar-refractivity contribution in [2.24, 2.45) is 5.92 Å². The van der Waals surface area contributed by atoms with Crippen molar-refractivity contribution in [3.63, 3.8) is 0 Å². The maximum absolute atomic E-state index is 12.7. The minimum atomic E-state index is -0.287. The summed E-state index contributed by atoms with van der Waals surface area (Å²) in [6, 6.07) is 3.05. The van der Waals surface area contributed by atoms with Gasteiger partial charge in [-0.3, -0.25) is 9.69 Å². The minimum Gasteiger partial charge on any atom is -0.496 e. The molecule has 0 saturated carbocycles. The normalized spacial score (nSPS) is 19.7. The van der Waals surface area contributed by atoms with Crippen LogP contribution in [0.15, 0.2) is 24.8 Å². The van der Waals surface area contributed by atoms with Gasteiger partial charge in [-0.15, -0.1) is 0 Å². The van der Waals surface area contributed by atoms with E-state index in [1.54, 1.807) is 17.0 Å². The van der Waals surface area contributed by atoms with E-state index in [9.17, 15) is 9.59 Å². The highest BCUT2D eigenvalue weighted by Crippen LogP contribution is 2.28. The maximum Gasteiger partial charge on any atom is 0.410 e. The quantitative estimate of drug-likeness (QED) is 0.434. The summed E-state index contributed by atoms with van der Waals surface area (Å²) >= 11 is 6.07. The maximum atomic E-state index is 12.7. The van der Waals surface area contributed by atoms with Crippen molar-refractivity contribution < 1.29 is 23.8 Å². The van der Waals surface area contributed by atoms with Crippen LogP contribution in [0.1, 0.15) is 23.2 Å². The molecular weight excluding hydrogens is 448 g/mol. The van der Waals surface area contributed by atoms with Gasteiger partial charge in [0, 0.05) is 45.3 Å². The third-order valence-electron chi connectivity index (χ3n) is 5.99. The van der Waals surface area contributed by atoms with Gasteiger partial charge in [-0.2, -0.15) is 0 Å². The first-order chi connectivity index (χ1) is 15.9. The van der Waals surface area contributed by atoms with E-state index in [2.05, 4.69) is 16.8 Å². The van der Waals surface area contributed by atoms with Gasteiger partial charge >= 0.3 is 6.09 Å². The lowest BCUT2D eigenvalue weighted by Crippen LogP contribution is -2.50. The van der Waals surface area contributed by atoms with Crippen molar-refractivity contribution in [2.45, 2.75) is 18.9 Å². The summed E-state index contributed by atoms with van der Waals surface area (Å²) in [6.45, 7) is 8.75. The summed E-state index contributed by atoms with van der Waals surface area (Å²) in [5.74, 6) is 0.605. The molecule has 1 unspecified atom stereocenters. The molecule has 2 heterocycles. The van der Waals surface area contributed by atoms with Crippen LogP contribution in [0.4, 0.5) is 10.5 Å². The number of halogens is 1. The van der Waals surface area contributed by atoms with Crippen LogP contribution in [-0.2, 0) is 9.47 Å². The third-order valence-corrected chi connectivity index (χ3v) is 6.32. The van der Waals surface area contributed by atoms with Gasteiger partial charge in [-0.05, 0) is 24.8 Å². The number of nitrogens with one attached hydrogen (secondary N) is 1. The first kappa shape index (κ1) is 25.1. The average molecular weight is 481 g/mol. The Morgan fingerprint density at radius 2 is 2.09 bits per heavy atom. The lowest BCUT2D eigenvalue weighted by Gasteiger charge is -2.38. The van der Waals surface area contributed by atoms with Crippen LogP contribution in [0, 0.1) is 5.92 Å². The standard InChI is InChI=1S/C23H33ClN4O5/c1-3-9-33-23(30)28-6-4-16(5-7-28)14-27-8-10-32-17(15-27)13-26-22(29)18-11-19(24)20(25)12-21(18)31-2/h3,11-12,16-17H,1,4-10,13-15,25H2,2H3,(H,26,29). The lowest BCUT2D eigenvalue weighted by atomic mass is 9.96. The summed E-state index contributed by atoms with van der Waals surface area (Å²) in [5.41, 5.74) is 6.48. The Bertz CT molecular complexity index is 844.